The molecule has 0 aromatic rings. The number of carboxylic acid groups (broad SMARTS) is 2. The number of carbonyl (C=O) groups excluding carboxylic acids is 1. The third-order valence-corrected chi connectivity index (χ3v) is 1.65. The van der Waals surface area contributed by atoms with E-state index in [1.54, 1.807) is 0 Å². The van der Waals surface area contributed by atoms with E-state index < -0.39 is 29.9 Å². The first-order chi connectivity index (χ1) is 7.38. The van der Waals surface area contributed by atoms with Gasteiger partial charge in [-0.2, -0.15) is 0 Å². The quantitative estimate of drug-likeness (QED) is 0.424. The molecular formula is C8H14N2O5. The van der Waals surface area contributed by atoms with Crippen LogP contribution in [0.4, 0.5) is 0 Å². The molecule has 0 unspecified atom stereocenters. The second-order valence-electron chi connectivity index (χ2n) is 3.05. The fourth-order valence-electron chi connectivity index (χ4n) is 0.822. The third-order valence-electron chi connectivity index (χ3n) is 1.65. The van der Waals surface area contributed by atoms with Gasteiger partial charge in [0.15, 0.2) is 0 Å². The van der Waals surface area contributed by atoms with E-state index in [0.717, 1.165) is 0 Å². The van der Waals surface area contributed by atoms with Crippen LogP contribution in [0, 0.1) is 0 Å². The van der Waals surface area contributed by atoms with Crippen LogP contribution in [0.5, 0.6) is 0 Å². The number of nitrogens with one attached hydrogen (secondary N) is 1. The fourth-order valence-corrected chi connectivity index (χ4v) is 0.822. The lowest BCUT2D eigenvalue weighted by atomic mass is 10.1. The molecule has 5 N–H and O–H groups in total. The van der Waals surface area contributed by atoms with Crippen molar-refractivity contribution in [3.8, 4) is 0 Å². The standard InChI is InChI=1S/C8H14N2O5/c1-4(9)7(13)10-5(8(14)15)2-3-6(11)12/h4-5H,2-3,9H2,1H3,(H,10,13)(H,11,12)(H,14,15)/t4-,5-/m0/s1/i/hD. The molecule has 15 heavy (non-hydrogen) atoms. The van der Waals surface area contributed by atoms with Crippen LogP contribution in [0.3, 0.4) is 0 Å². The summed E-state index contributed by atoms with van der Waals surface area (Å²) in [5.41, 5.74) is 1.90. The van der Waals surface area contributed by atoms with Gasteiger partial charge in [-0.1, -0.05) is 0 Å². The first-order valence-electron chi connectivity index (χ1n) is 4.80. The van der Waals surface area contributed by atoms with Gasteiger partial charge in [0.1, 0.15) is 7.45 Å². The molecule has 0 aliphatic carbocycles. The van der Waals surface area contributed by atoms with Crippen molar-refractivity contribution >= 4 is 17.8 Å². The predicted molar refractivity (Wildman–Crippen MR) is 50.1 cm³/mol. The summed E-state index contributed by atoms with van der Waals surface area (Å²) >= 11 is 0. The van der Waals surface area contributed by atoms with Crippen molar-refractivity contribution in [1.29, 1.82) is 0 Å². The van der Waals surface area contributed by atoms with Crippen LogP contribution in [-0.2, 0) is 14.4 Å². The second kappa shape index (κ2) is 5.97. The minimum absolute atomic E-state index is 0.193. The summed E-state index contributed by atoms with van der Waals surface area (Å²) < 4.78 is 6.71. The van der Waals surface area contributed by atoms with Gasteiger partial charge in [-0.05, 0) is 13.3 Å². The van der Waals surface area contributed by atoms with E-state index in [1.807, 2.05) is 5.73 Å². The van der Waals surface area contributed by atoms with Gasteiger partial charge >= 0.3 is 11.9 Å². The zero-order chi connectivity index (χ0) is 12.7. The van der Waals surface area contributed by atoms with Gasteiger partial charge < -0.3 is 21.3 Å². The fraction of sp³-hybridized carbons (Fsp3) is 0.625. The molecule has 0 rings (SSSR count). The second-order valence-corrected chi connectivity index (χ2v) is 3.05. The van der Waals surface area contributed by atoms with Crippen molar-refractivity contribution in [3.63, 3.8) is 0 Å². The molecule has 0 aromatic carbocycles. The number of aliphatic carboxylic acids is 2. The van der Waals surface area contributed by atoms with Gasteiger partial charge in [0.25, 0.3) is 0 Å². The van der Waals surface area contributed by atoms with Gasteiger partial charge in [0.2, 0.25) is 5.91 Å². The molecule has 0 aliphatic rings. The summed E-state index contributed by atoms with van der Waals surface area (Å²) in [7, 11) is 0. The minimum atomic E-state index is -1.30. The van der Waals surface area contributed by atoms with E-state index in [0.29, 0.717) is 0 Å². The van der Waals surface area contributed by atoms with Crippen LogP contribution in [0.2, 0.25) is 1.41 Å². The summed E-state index contributed by atoms with van der Waals surface area (Å²) in [6.45, 7) is 1.39. The highest BCUT2D eigenvalue weighted by Gasteiger charge is 2.21. The molecule has 0 saturated carbocycles. The average molecular weight is 219 g/mol. The number of rotatable bonds is 7. The Morgan fingerprint density at radius 1 is 1.47 bits per heavy atom. The third kappa shape index (κ3) is 5.63. The zero-order valence-electron chi connectivity index (χ0n) is 9.19. The maximum atomic E-state index is 11.2. The molecule has 0 aromatic heterocycles. The maximum absolute atomic E-state index is 11.2. The minimum Gasteiger partial charge on any atom is -0.481 e. The van der Waals surface area contributed by atoms with Crippen LogP contribution in [0.1, 0.15) is 19.8 Å². The number of hydrogen-bond acceptors (Lipinski definition) is 4. The topological polar surface area (TPSA) is 130 Å². The van der Waals surface area contributed by atoms with E-state index in [1.165, 1.54) is 6.92 Å². The van der Waals surface area contributed by atoms with Crippen molar-refractivity contribution in [2.24, 2.45) is 5.73 Å². The van der Waals surface area contributed by atoms with Crippen LogP contribution in [0.15, 0.2) is 0 Å². The summed E-state index contributed by atoms with van der Waals surface area (Å²) in [6, 6.07) is -2.11. The number of hydrogen-bond donors (Lipinski definition) is 4. The molecule has 0 bridgehead atoms. The highest BCUT2D eigenvalue weighted by molar-refractivity contribution is 5.86. The Hall–Kier alpha value is -1.63. The summed E-state index contributed by atoms with van der Waals surface area (Å²) in [5.74, 6) is -3.09. The Morgan fingerprint density at radius 2 is 2.07 bits per heavy atom. The van der Waals surface area contributed by atoms with Crippen molar-refractivity contribution in [2.75, 3.05) is 0 Å². The van der Waals surface area contributed by atoms with E-state index in [-0.39, 0.29) is 12.8 Å². The number of nitrogens with two attached hydrogens (primary N) is 1. The van der Waals surface area contributed by atoms with Crippen molar-refractivity contribution in [2.45, 2.75) is 31.8 Å². The van der Waals surface area contributed by atoms with Gasteiger partial charge in [-0.25, -0.2) is 4.79 Å². The predicted octanol–water partition coefficient (Wildman–Crippen LogP) is -1.23. The lowest BCUT2D eigenvalue weighted by Gasteiger charge is -2.14. The maximum Gasteiger partial charge on any atom is 0.326 e. The molecule has 0 spiro atoms. The molecular weight excluding hydrogens is 204 g/mol. The van der Waals surface area contributed by atoms with Crippen LogP contribution >= 0.6 is 0 Å². The van der Waals surface area contributed by atoms with Crippen molar-refractivity contribution < 1.29 is 26.0 Å². The Balaban J connectivity index is 4.28. The molecule has 86 valence electrons. The summed E-state index contributed by atoms with van der Waals surface area (Å²) in [6.07, 6.45) is -0.541. The summed E-state index contributed by atoms with van der Waals surface area (Å²) in [5, 5.41) is 19.2. The Bertz CT molecular complexity index is 284. The Labute approximate surface area is 87.7 Å². The highest BCUT2D eigenvalue weighted by Crippen LogP contribution is 1.98. The first kappa shape index (κ1) is 11.4. The van der Waals surface area contributed by atoms with Crippen LogP contribution in [-0.4, -0.2) is 40.1 Å². The number of carbonyl (C=O) groups is 3. The molecule has 7 nitrogen and oxygen atoms in total. The number of amides is 1. The van der Waals surface area contributed by atoms with E-state index in [9.17, 15) is 14.4 Å². The molecule has 0 saturated heterocycles. The molecule has 2 atom stereocenters. The lowest BCUT2D eigenvalue weighted by molar-refractivity contribution is -0.143. The van der Waals surface area contributed by atoms with E-state index in [4.69, 9.17) is 11.6 Å². The lowest BCUT2D eigenvalue weighted by Crippen LogP contribution is -2.47. The monoisotopic (exact) mass is 219 g/mol. The normalized spacial score (nSPS) is 14.9. The van der Waals surface area contributed by atoms with E-state index in [2.05, 4.69) is 5.32 Å². The largest absolute Gasteiger partial charge is 0.481 e. The smallest absolute Gasteiger partial charge is 0.326 e. The Morgan fingerprint density at radius 3 is 2.47 bits per heavy atom. The van der Waals surface area contributed by atoms with E-state index >= 15 is 0 Å². The molecule has 7 heteroatoms. The van der Waals surface area contributed by atoms with Gasteiger partial charge in [0, 0.05) is 6.42 Å². The van der Waals surface area contributed by atoms with Gasteiger partial charge in [-0.15, -0.1) is 0 Å². The first-order valence-corrected chi connectivity index (χ1v) is 4.30. The molecule has 0 radical (unpaired) electrons. The molecule has 0 fully saturated rings. The van der Waals surface area contributed by atoms with Crippen molar-refractivity contribution in [1.82, 2.24) is 5.32 Å². The Kier molecular flexibility index (Phi) is 4.55. The SMILES string of the molecule is [2H]N[C@@H](C)C(=O)N[C@@H](CCC(=O)O)C(=O)O. The molecule has 0 aliphatic heterocycles. The molecule has 0 heterocycles. The zero-order valence-corrected chi connectivity index (χ0v) is 8.19. The number of carboxylic acids is 2. The van der Waals surface area contributed by atoms with Gasteiger partial charge in [-0.3, -0.25) is 9.59 Å². The van der Waals surface area contributed by atoms with Crippen LogP contribution < -0.4 is 11.0 Å². The van der Waals surface area contributed by atoms with Crippen LogP contribution in [0.25, 0.3) is 0 Å². The summed E-state index contributed by atoms with van der Waals surface area (Å²) in [4.78, 5) is 32.2. The van der Waals surface area contributed by atoms with Crippen molar-refractivity contribution in [3.05, 3.63) is 0 Å². The average Bonchev–Trinajstić information content (AvgIpc) is 2.21. The highest BCUT2D eigenvalue weighted by atomic mass is 16.4. The molecule has 1 amide bonds. The van der Waals surface area contributed by atoms with Gasteiger partial charge in [0.05, 0.1) is 6.04 Å².